The molecule has 0 amide bonds. The highest BCUT2D eigenvalue weighted by molar-refractivity contribution is 9.10. The molecule has 0 saturated carbocycles. The van der Waals surface area contributed by atoms with Crippen LogP contribution in [0.4, 0.5) is 15.8 Å². The number of benzene rings is 2. The highest BCUT2D eigenvalue weighted by Gasteiger charge is 2.22. The summed E-state index contributed by atoms with van der Waals surface area (Å²) in [6, 6.07) is 8.38. The molecule has 0 aliphatic rings. The Balaban J connectivity index is 2.16. The molecule has 0 saturated heterocycles. The smallest absolute Gasteiger partial charge is 0.288 e. The summed E-state index contributed by atoms with van der Waals surface area (Å²) in [4.78, 5) is 9.83. The first-order valence-corrected chi connectivity index (χ1v) is 9.53. The van der Waals surface area contributed by atoms with Gasteiger partial charge in [0.15, 0.2) is 9.84 Å². The van der Waals surface area contributed by atoms with Crippen LogP contribution in [0.2, 0.25) is 0 Å². The predicted octanol–water partition coefficient (Wildman–Crippen LogP) is 3.55. The van der Waals surface area contributed by atoms with Gasteiger partial charge in [-0.3, -0.25) is 10.1 Å². The summed E-state index contributed by atoms with van der Waals surface area (Å²) in [6.07, 6.45) is 1.28. The Hall–Kier alpha value is -2.00. The summed E-state index contributed by atoms with van der Waals surface area (Å²) in [5, 5.41) is 13.9. The van der Waals surface area contributed by atoms with E-state index < -0.39 is 20.4 Å². The van der Waals surface area contributed by atoms with Gasteiger partial charge >= 0.3 is 0 Å². The monoisotopic (exact) mass is 416 g/mol. The molecule has 0 fully saturated rings. The van der Waals surface area contributed by atoms with E-state index >= 15 is 0 Å². The van der Waals surface area contributed by atoms with Gasteiger partial charge in [-0.2, -0.15) is 0 Å². The van der Waals surface area contributed by atoms with Crippen molar-refractivity contribution in [2.45, 2.75) is 11.3 Å². The van der Waals surface area contributed by atoms with E-state index in [9.17, 15) is 22.9 Å². The van der Waals surface area contributed by atoms with Gasteiger partial charge in [0.1, 0.15) is 10.7 Å². The van der Waals surface area contributed by atoms with Crippen LogP contribution in [-0.2, 0) is 16.3 Å². The van der Waals surface area contributed by atoms with E-state index in [0.717, 1.165) is 16.8 Å². The molecule has 0 aromatic heterocycles. The maximum atomic E-state index is 13.7. The first-order chi connectivity index (χ1) is 11.2. The fourth-order valence-corrected chi connectivity index (χ4v) is 3.42. The fourth-order valence-electron chi connectivity index (χ4n) is 2.15. The quantitative estimate of drug-likeness (QED) is 0.574. The molecule has 9 heteroatoms. The number of nitrogens with zero attached hydrogens (tertiary/aromatic N) is 1. The first-order valence-electron chi connectivity index (χ1n) is 6.85. The van der Waals surface area contributed by atoms with Crippen molar-refractivity contribution in [1.82, 2.24) is 0 Å². The third kappa shape index (κ3) is 4.51. The van der Waals surface area contributed by atoms with Gasteiger partial charge in [-0.25, -0.2) is 12.8 Å². The van der Waals surface area contributed by atoms with Gasteiger partial charge in [-0.15, -0.1) is 0 Å². The van der Waals surface area contributed by atoms with Crippen molar-refractivity contribution in [3.63, 3.8) is 0 Å². The maximum Gasteiger partial charge on any atom is 0.288 e. The van der Waals surface area contributed by atoms with E-state index in [1.807, 2.05) is 0 Å². The number of rotatable bonds is 6. The van der Waals surface area contributed by atoms with Crippen LogP contribution in [0.15, 0.2) is 45.8 Å². The topological polar surface area (TPSA) is 89.3 Å². The van der Waals surface area contributed by atoms with Crippen LogP contribution in [0.1, 0.15) is 5.56 Å². The van der Waals surface area contributed by atoms with E-state index in [1.165, 1.54) is 18.2 Å². The van der Waals surface area contributed by atoms with Crippen LogP contribution >= 0.6 is 15.9 Å². The summed E-state index contributed by atoms with van der Waals surface area (Å²) in [7, 11) is -3.74. The summed E-state index contributed by atoms with van der Waals surface area (Å²) < 4.78 is 37.8. The number of hydrogen-bond donors (Lipinski definition) is 1. The zero-order chi connectivity index (χ0) is 17.9. The number of hydrogen-bond acceptors (Lipinski definition) is 5. The molecule has 0 aliphatic heterocycles. The van der Waals surface area contributed by atoms with Crippen molar-refractivity contribution < 1.29 is 17.7 Å². The van der Waals surface area contributed by atoms with Crippen LogP contribution in [0, 0.1) is 15.9 Å². The lowest BCUT2D eigenvalue weighted by molar-refractivity contribution is -0.387. The van der Waals surface area contributed by atoms with E-state index in [1.54, 1.807) is 12.1 Å². The van der Waals surface area contributed by atoms with Crippen LogP contribution in [0.3, 0.4) is 0 Å². The Kier molecular flexibility index (Phi) is 5.55. The Morgan fingerprint density at radius 3 is 2.58 bits per heavy atom. The molecular formula is C15H14BrFN2O4S. The van der Waals surface area contributed by atoms with Crippen molar-refractivity contribution in [2.24, 2.45) is 0 Å². The molecule has 0 heterocycles. The lowest BCUT2D eigenvalue weighted by Crippen LogP contribution is -2.08. The van der Waals surface area contributed by atoms with Crippen molar-refractivity contribution in [3.8, 4) is 0 Å². The standard InChI is InChI=1S/C15H14BrFN2O4S/c1-24(22,23)15-9-12(3-5-14(15)19(20)21)18-7-6-10-8-11(16)2-4-13(10)17/h2-5,8-9,18H,6-7H2,1H3. The second kappa shape index (κ2) is 7.27. The molecule has 2 rings (SSSR count). The minimum atomic E-state index is -3.74. The number of anilines is 1. The van der Waals surface area contributed by atoms with Crippen molar-refractivity contribution in [2.75, 3.05) is 18.1 Å². The van der Waals surface area contributed by atoms with E-state index in [4.69, 9.17) is 0 Å². The molecule has 2 aromatic rings. The molecule has 0 unspecified atom stereocenters. The van der Waals surface area contributed by atoms with Crippen molar-refractivity contribution in [1.29, 1.82) is 0 Å². The summed E-state index contributed by atoms with van der Waals surface area (Å²) in [6.45, 7) is 0.342. The van der Waals surface area contributed by atoms with Gasteiger partial charge in [0, 0.05) is 29.0 Å². The number of nitro benzene ring substituents is 1. The number of sulfone groups is 1. The summed E-state index contributed by atoms with van der Waals surface area (Å²) in [5.74, 6) is -0.333. The molecule has 0 spiro atoms. The average molecular weight is 417 g/mol. The van der Waals surface area contributed by atoms with Crippen LogP contribution in [0.5, 0.6) is 0 Å². The van der Waals surface area contributed by atoms with Gasteiger partial charge in [-0.05, 0) is 42.3 Å². The zero-order valence-electron chi connectivity index (χ0n) is 12.6. The molecule has 2 aromatic carbocycles. The Labute approximate surface area is 146 Å². The van der Waals surface area contributed by atoms with Gasteiger partial charge in [0.25, 0.3) is 5.69 Å². The molecule has 24 heavy (non-hydrogen) atoms. The van der Waals surface area contributed by atoms with Gasteiger partial charge in [0.2, 0.25) is 0 Å². The molecule has 1 N–H and O–H groups in total. The summed E-state index contributed by atoms with van der Waals surface area (Å²) in [5.41, 5.74) is 0.444. The molecule has 0 bridgehead atoms. The molecule has 0 aliphatic carbocycles. The van der Waals surface area contributed by atoms with Crippen LogP contribution in [-0.4, -0.2) is 26.1 Å². The Morgan fingerprint density at radius 1 is 1.25 bits per heavy atom. The molecule has 0 radical (unpaired) electrons. The normalized spacial score (nSPS) is 11.3. The van der Waals surface area contributed by atoms with Gasteiger partial charge in [-0.1, -0.05) is 15.9 Å². The second-order valence-electron chi connectivity index (χ2n) is 5.12. The van der Waals surface area contributed by atoms with E-state index in [0.29, 0.717) is 24.2 Å². The molecule has 128 valence electrons. The third-order valence-corrected chi connectivity index (χ3v) is 4.91. The second-order valence-corrected chi connectivity index (χ2v) is 8.02. The largest absolute Gasteiger partial charge is 0.385 e. The minimum absolute atomic E-state index is 0.333. The fraction of sp³-hybridized carbons (Fsp3) is 0.200. The maximum absolute atomic E-state index is 13.7. The summed E-state index contributed by atoms with van der Waals surface area (Å²) >= 11 is 3.27. The Morgan fingerprint density at radius 2 is 1.96 bits per heavy atom. The van der Waals surface area contributed by atoms with Crippen LogP contribution in [0.25, 0.3) is 0 Å². The number of nitrogens with one attached hydrogen (secondary N) is 1. The lowest BCUT2D eigenvalue weighted by Gasteiger charge is -2.09. The van der Waals surface area contributed by atoms with Gasteiger partial charge < -0.3 is 5.32 Å². The minimum Gasteiger partial charge on any atom is -0.385 e. The first kappa shape index (κ1) is 18.3. The Bertz CT molecular complexity index is 887. The highest BCUT2D eigenvalue weighted by Crippen LogP contribution is 2.27. The molecule has 6 nitrogen and oxygen atoms in total. The molecular weight excluding hydrogens is 403 g/mol. The van der Waals surface area contributed by atoms with Crippen molar-refractivity contribution >= 4 is 37.1 Å². The lowest BCUT2D eigenvalue weighted by atomic mass is 10.1. The predicted molar refractivity (Wildman–Crippen MR) is 92.5 cm³/mol. The SMILES string of the molecule is CS(=O)(=O)c1cc(NCCc2cc(Br)ccc2F)ccc1[N+](=O)[O-]. The van der Waals surface area contributed by atoms with E-state index in [-0.39, 0.29) is 10.7 Å². The van der Waals surface area contributed by atoms with Crippen LogP contribution < -0.4 is 5.32 Å². The van der Waals surface area contributed by atoms with Gasteiger partial charge in [0.05, 0.1) is 4.92 Å². The molecule has 0 atom stereocenters. The van der Waals surface area contributed by atoms with Crippen molar-refractivity contribution in [3.05, 3.63) is 62.4 Å². The number of nitro groups is 1. The third-order valence-electron chi connectivity index (χ3n) is 3.29. The average Bonchev–Trinajstić information content (AvgIpc) is 2.49. The highest BCUT2D eigenvalue weighted by atomic mass is 79.9. The zero-order valence-corrected chi connectivity index (χ0v) is 15.0. The number of halogens is 2. The van der Waals surface area contributed by atoms with E-state index in [2.05, 4.69) is 21.2 Å².